The zero-order valence-corrected chi connectivity index (χ0v) is 15.4. The molecule has 0 aliphatic carbocycles. The van der Waals surface area contributed by atoms with Crippen LogP contribution in [0.25, 0.3) is 22.2 Å². The molecule has 3 aromatic rings. The fraction of sp³-hybridized carbons (Fsp3) is 0.421. The molecular weight excluding hydrogens is 328 g/mol. The zero-order chi connectivity index (χ0) is 18.1. The normalized spacial score (nSPS) is 15.8. The van der Waals surface area contributed by atoms with Crippen molar-refractivity contribution in [2.45, 2.75) is 20.0 Å². The van der Waals surface area contributed by atoms with Gasteiger partial charge in [0.25, 0.3) is 0 Å². The van der Waals surface area contributed by atoms with Crippen molar-refractivity contribution in [1.29, 1.82) is 0 Å². The van der Waals surface area contributed by atoms with Crippen LogP contribution in [0.15, 0.2) is 30.6 Å². The summed E-state index contributed by atoms with van der Waals surface area (Å²) in [7, 11) is 2.15. The zero-order valence-electron chi connectivity index (χ0n) is 15.4. The Kier molecular flexibility index (Phi) is 4.46. The van der Waals surface area contributed by atoms with Gasteiger partial charge in [0.2, 0.25) is 5.88 Å². The summed E-state index contributed by atoms with van der Waals surface area (Å²) in [6.07, 6.45) is 3.71. The van der Waals surface area contributed by atoms with Crippen LogP contribution >= 0.6 is 0 Å². The van der Waals surface area contributed by atoms with Crippen LogP contribution in [0, 0.1) is 0 Å². The van der Waals surface area contributed by atoms with Gasteiger partial charge in [-0.2, -0.15) is 5.10 Å². The SMILES string of the molecule is CC(C)Oc1cc2c(-c3ccnc(N4CCN(C)CC4)c3)n[nH]c2cn1. The van der Waals surface area contributed by atoms with Gasteiger partial charge < -0.3 is 14.5 Å². The van der Waals surface area contributed by atoms with Gasteiger partial charge in [-0.1, -0.05) is 0 Å². The first-order chi connectivity index (χ1) is 12.6. The second-order valence-corrected chi connectivity index (χ2v) is 7.00. The minimum absolute atomic E-state index is 0.0834. The third kappa shape index (κ3) is 3.35. The number of rotatable bonds is 4. The van der Waals surface area contributed by atoms with Crippen LogP contribution in [-0.2, 0) is 0 Å². The van der Waals surface area contributed by atoms with Gasteiger partial charge in [0.1, 0.15) is 11.5 Å². The average molecular weight is 352 g/mol. The Morgan fingerprint density at radius 1 is 1.12 bits per heavy atom. The molecule has 0 unspecified atom stereocenters. The third-order valence-electron chi connectivity index (χ3n) is 4.62. The maximum Gasteiger partial charge on any atom is 0.214 e. The van der Waals surface area contributed by atoms with Gasteiger partial charge in [-0.3, -0.25) is 5.10 Å². The molecule has 0 bridgehead atoms. The van der Waals surface area contributed by atoms with Gasteiger partial charge in [0.05, 0.1) is 17.8 Å². The fourth-order valence-electron chi connectivity index (χ4n) is 3.20. The summed E-state index contributed by atoms with van der Waals surface area (Å²) in [6.45, 7) is 8.08. The quantitative estimate of drug-likeness (QED) is 0.778. The van der Waals surface area contributed by atoms with Crippen molar-refractivity contribution in [3.63, 3.8) is 0 Å². The summed E-state index contributed by atoms with van der Waals surface area (Å²) >= 11 is 0. The van der Waals surface area contributed by atoms with Gasteiger partial charge in [-0.15, -0.1) is 0 Å². The van der Waals surface area contributed by atoms with Crippen LogP contribution in [0.5, 0.6) is 5.88 Å². The van der Waals surface area contributed by atoms with Crippen LogP contribution in [0.2, 0.25) is 0 Å². The summed E-state index contributed by atoms with van der Waals surface area (Å²) in [5.74, 6) is 1.61. The van der Waals surface area contributed by atoms with Crippen LogP contribution in [0.4, 0.5) is 5.82 Å². The smallest absolute Gasteiger partial charge is 0.214 e. The van der Waals surface area contributed by atoms with Crippen molar-refractivity contribution >= 4 is 16.7 Å². The lowest BCUT2D eigenvalue weighted by Crippen LogP contribution is -2.44. The number of likely N-dealkylation sites (N-methyl/N-ethyl adjacent to an activating group) is 1. The number of pyridine rings is 2. The third-order valence-corrected chi connectivity index (χ3v) is 4.62. The molecule has 7 heteroatoms. The molecule has 0 saturated carbocycles. The Balaban J connectivity index is 1.68. The second-order valence-electron chi connectivity index (χ2n) is 7.00. The van der Waals surface area contributed by atoms with Crippen molar-refractivity contribution in [2.75, 3.05) is 38.1 Å². The topological polar surface area (TPSA) is 70.2 Å². The molecule has 26 heavy (non-hydrogen) atoms. The Morgan fingerprint density at radius 2 is 1.92 bits per heavy atom. The molecule has 1 fully saturated rings. The van der Waals surface area contributed by atoms with Gasteiger partial charge in [0.15, 0.2) is 0 Å². The molecule has 7 nitrogen and oxygen atoms in total. The highest BCUT2D eigenvalue weighted by Crippen LogP contribution is 2.30. The molecule has 1 aliphatic heterocycles. The van der Waals surface area contributed by atoms with Gasteiger partial charge in [0, 0.05) is 49.4 Å². The number of ether oxygens (including phenoxy) is 1. The Morgan fingerprint density at radius 3 is 2.69 bits per heavy atom. The summed E-state index contributed by atoms with van der Waals surface area (Å²) in [4.78, 5) is 13.6. The summed E-state index contributed by atoms with van der Waals surface area (Å²) in [5.41, 5.74) is 2.84. The first-order valence-corrected chi connectivity index (χ1v) is 9.01. The van der Waals surface area contributed by atoms with E-state index in [-0.39, 0.29) is 6.10 Å². The number of aromatic nitrogens is 4. The van der Waals surface area contributed by atoms with Gasteiger partial charge in [-0.25, -0.2) is 9.97 Å². The van der Waals surface area contributed by atoms with Crippen LogP contribution < -0.4 is 9.64 Å². The lowest BCUT2D eigenvalue weighted by Gasteiger charge is -2.33. The average Bonchev–Trinajstić information content (AvgIpc) is 3.05. The van der Waals surface area contributed by atoms with Crippen molar-refractivity contribution in [3.8, 4) is 17.1 Å². The molecule has 0 aromatic carbocycles. The number of hydrogen-bond acceptors (Lipinski definition) is 6. The van der Waals surface area contributed by atoms with Crippen LogP contribution in [-0.4, -0.2) is 64.4 Å². The molecule has 0 radical (unpaired) electrons. The number of anilines is 1. The highest BCUT2D eigenvalue weighted by molar-refractivity contribution is 5.93. The number of H-pyrrole nitrogens is 1. The fourth-order valence-corrected chi connectivity index (χ4v) is 3.20. The van der Waals surface area contributed by atoms with Crippen molar-refractivity contribution < 1.29 is 4.74 Å². The van der Waals surface area contributed by atoms with E-state index in [1.807, 2.05) is 32.2 Å². The van der Waals surface area contributed by atoms with E-state index < -0.39 is 0 Å². The molecule has 0 amide bonds. The number of aromatic amines is 1. The van der Waals surface area contributed by atoms with Crippen molar-refractivity contribution in [1.82, 2.24) is 25.1 Å². The molecule has 0 atom stereocenters. The molecule has 136 valence electrons. The van der Waals surface area contributed by atoms with Crippen LogP contribution in [0.3, 0.4) is 0 Å². The minimum Gasteiger partial charge on any atom is -0.475 e. The molecular formula is C19H24N6O. The first-order valence-electron chi connectivity index (χ1n) is 9.01. The molecule has 1 N–H and O–H groups in total. The van der Waals surface area contributed by atoms with E-state index in [2.05, 4.69) is 43.1 Å². The van der Waals surface area contributed by atoms with E-state index >= 15 is 0 Å². The van der Waals surface area contributed by atoms with E-state index in [0.29, 0.717) is 5.88 Å². The van der Waals surface area contributed by atoms with E-state index in [1.165, 1.54) is 0 Å². The predicted molar refractivity (Wildman–Crippen MR) is 103 cm³/mol. The maximum absolute atomic E-state index is 5.73. The number of piperazine rings is 1. The highest BCUT2D eigenvalue weighted by Gasteiger charge is 2.17. The minimum atomic E-state index is 0.0834. The Hall–Kier alpha value is -2.67. The number of hydrogen-bond donors (Lipinski definition) is 1. The molecule has 3 aromatic heterocycles. The highest BCUT2D eigenvalue weighted by atomic mass is 16.5. The van der Waals surface area contributed by atoms with E-state index in [0.717, 1.165) is 54.2 Å². The molecule has 1 saturated heterocycles. The molecule has 0 spiro atoms. The predicted octanol–water partition coefficient (Wildman–Crippen LogP) is 2.56. The Labute approximate surface area is 153 Å². The van der Waals surface area contributed by atoms with E-state index in [1.54, 1.807) is 6.20 Å². The summed E-state index contributed by atoms with van der Waals surface area (Å²) in [6, 6.07) is 6.06. The number of nitrogens with zero attached hydrogens (tertiary/aromatic N) is 5. The summed E-state index contributed by atoms with van der Waals surface area (Å²) in [5, 5.41) is 8.58. The molecule has 4 heterocycles. The summed E-state index contributed by atoms with van der Waals surface area (Å²) < 4.78 is 5.73. The Bertz CT molecular complexity index is 898. The number of nitrogens with one attached hydrogen (secondary N) is 1. The standard InChI is InChI=1S/C19H24N6O/c1-13(2)26-18-11-15-16(12-21-18)22-23-19(15)14-4-5-20-17(10-14)25-8-6-24(3)7-9-25/h4-5,10-13H,6-9H2,1-3H3,(H,22,23). The largest absolute Gasteiger partial charge is 0.475 e. The monoisotopic (exact) mass is 352 g/mol. The van der Waals surface area contributed by atoms with Crippen LogP contribution in [0.1, 0.15) is 13.8 Å². The van der Waals surface area contributed by atoms with Crippen molar-refractivity contribution in [2.24, 2.45) is 0 Å². The molecule has 4 rings (SSSR count). The molecule has 1 aliphatic rings. The van der Waals surface area contributed by atoms with Gasteiger partial charge in [-0.05, 0) is 33.0 Å². The lowest BCUT2D eigenvalue weighted by atomic mass is 10.1. The first kappa shape index (κ1) is 16.8. The van der Waals surface area contributed by atoms with Crippen molar-refractivity contribution in [3.05, 3.63) is 30.6 Å². The van der Waals surface area contributed by atoms with Gasteiger partial charge >= 0.3 is 0 Å². The number of fused-ring (bicyclic) bond motifs is 1. The second kappa shape index (κ2) is 6.92. The maximum atomic E-state index is 5.73. The van der Waals surface area contributed by atoms with E-state index in [9.17, 15) is 0 Å². The lowest BCUT2D eigenvalue weighted by molar-refractivity contribution is 0.233. The van der Waals surface area contributed by atoms with E-state index in [4.69, 9.17) is 4.74 Å².